The Morgan fingerprint density at radius 1 is 0.609 bits per heavy atom. The van der Waals surface area contributed by atoms with Gasteiger partial charge in [-0.2, -0.15) is 0 Å². The Morgan fingerprint density at radius 3 is 1.28 bits per heavy atom. The molecule has 0 aliphatic rings. The van der Waals surface area contributed by atoms with Gasteiger partial charge in [-0.1, -0.05) is 62.3 Å². The molecule has 0 bridgehead atoms. The first-order valence-corrected chi connectivity index (χ1v) is 16.2. The number of hydrogen-bond donors (Lipinski definition) is 3. The van der Waals surface area contributed by atoms with E-state index in [1.807, 2.05) is 62.3 Å². The predicted molar refractivity (Wildman–Crippen MR) is 178 cm³/mol. The summed E-state index contributed by atoms with van der Waals surface area (Å²) in [5, 5.41) is 12.9. The lowest BCUT2D eigenvalue weighted by molar-refractivity contribution is -0.192. The number of nitrogens with one attached hydrogen (secondary N) is 1. The van der Waals surface area contributed by atoms with Crippen LogP contribution >= 0.6 is 0 Å². The lowest BCUT2D eigenvalue weighted by Crippen LogP contribution is -2.50. The number of carboxylic acids is 1. The maximum atomic E-state index is 13.6. The van der Waals surface area contributed by atoms with E-state index in [1.54, 1.807) is 41.5 Å². The molecule has 46 heavy (non-hydrogen) atoms. The van der Waals surface area contributed by atoms with E-state index in [0.29, 0.717) is 19.3 Å². The van der Waals surface area contributed by atoms with Crippen molar-refractivity contribution in [3.05, 3.63) is 0 Å². The largest absolute Gasteiger partial charge is 0.478 e. The number of aliphatic carboxylic acids is 1. The highest BCUT2D eigenvalue weighted by Gasteiger charge is 2.46. The summed E-state index contributed by atoms with van der Waals surface area (Å²) >= 11 is 0. The maximum absolute atomic E-state index is 13.6. The van der Waals surface area contributed by atoms with Crippen molar-refractivity contribution in [3.8, 4) is 0 Å². The average Bonchev–Trinajstić information content (AvgIpc) is 2.79. The van der Waals surface area contributed by atoms with Gasteiger partial charge in [0.25, 0.3) is 5.91 Å². The molecule has 0 aliphatic carbocycles. The summed E-state index contributed by atoms with van der Waals surface area (Å²) in [7, 11) is 0. The molecule has 0 spiro atoms. The number of rotatable bonds is 16. The Bertz CT molecular complexity index is 1070. The molecule has 0 heterocycles. The van der Waals surface area contributed by atoms with Crippen LogP contribution in [0.3, 0.4) is 0 Å². The quantitative estimate of drug-likeness (QED) is 0.139. The van der Waals surface area contributed by atoms with E-state index in [-0.39, 0.29) is 29.3 Å². The number of ether oxygens (including phenoxy) is 3. The van der Waals surface area contributed by atoms with Crippen molar-refractivity contribution in [1.29, 1.82) is 0 Å². The number of carbonyl (C=O) groups is 5. The molecule has 1 amide bonds. The Kier molecular flexibility index (Phi) is 15.0. The standard InChI is InChI=1S/C35H64N2O9/c1-30(2,3)19-33(10,11)27(41)44-22(24(26(39)40)46-29(43)35(14,15)21-32(7,8)9)18-23(25(38)37-17-16-36)45-28(42)34(12,13)20-31(4,5)6/h22-24H,16-21,36H2,1-15H3,(H,37,38)(H,39,40)/t22-,23+,24-/m0/s1. The second-order valence-electron chi connectivity index (χ2n) is 18.2. The monoisotopic (exact) mass is 656 g/mol. The molecule has 268 valence electrons. The number of carboxylic acid groups (broad SMARTS) is 1. The molecular weight excluding hydrogens is 592 g/mol. The van der Waals surface area contributed by atoms with Gasteiger partial charge in [0.15, 0.2) is 12.2 Å². The van der Waals surface area contributed by atoms with Gasteiger partial charge in [0.05, 0.1) is 16.2 Å². The summed E-state index contributed by atoms with van der Waals surface area (Å²) in [4.78, 5) is 66.6. The fourth-order valence-corrected chi connectivity index (χ4v) is 6.30. The van der Waals surface area contributed by atoms with Crippen molar-refractivity contribution in [2.24, 2.45) is 38.2 Å². The highest BCUT2D eigenvalue weighted by atomic mass is 16.6. The van der Waals surface area contributed by atoms with Crippen molar-refractivity contribution in [1.82, 2.24) is 5.32 Å². The minimum atomic E-state index is -1.99. The van der Waals surface area contributed by atoms with Crippen LogP contribution in [0.15, 0.2) is 0 Å². The first kappa shape index (κ1) is 43.3. The number of esters is 3. The summed E-state index contributed by atoms with van der Waals surface area (Å²) in [6.45, 7) is 27.8. The zero-order chi connectivity index (χ0) is 36.7. The summed E-state index contributed by atoms with van der Waals surface area (Å²) < 4.78 is 17.2. The SMILES string of the molecule is CC(C)(C)CC(C)(C)C(=O)O[C@@H](C[C@@H](OC(=O)C(C)(C)CC(C)(C)C)C(=O)NCCN)[C@H](OC(=O)C(C)(C)CC(C)(C)C)C(=O)O. The third-order valence-corrected chi connectivity index (χ3v) is 7.08. The van der Waals surface area contributed by atoms with E-state index in [1.165, 1.54) is 0 Å². The van der Waals surface area contributed by atoms with Gasteiger partial charge in [-0.15, -0.1) is 0 Å². The van der Waals surface area contributed by atoms with Crippen LogP contribution in [-0.2, 0) is 38.2 Å². The van der Waals surface area contributed by atoms with Crippen molar-refractivity contribution in [3.63, 3.8) is 0 Å². The molecule has 0 fully saturated rings. The zero-order valence-corrected chi connectivity index (χ0v) is 31.3. The lowest BCUT2D eigenvalue weighted by Gasteiger charge is -2.36. The van der Waals surface area contributed by atoms with Gasteiger partial charge >= 0.3 is 23.9 Å². The number of carbonyl (C=O) groups excluding carboxylic acids is 4. The number of amides is 1. The highest BCUT2D eigenvalue weighted by Crippen LogP contribution is 2.38. The van der Waals surface area contributed by atoms with Crippen molar-refractivity contribution >= 4 is 29.8 Å². The predicted octanol–water partition coefficient (Wildman–Crippen LogP) is 5.66. The number of hydrogen-bond acceptors (Lipinski definition) is 9. The second-order valence-corrected chi connectivity index (χ2v) is 18.2. The van der Waals surface area contributed by atoms with Gasteiger partial charge in [0.2, 0.25) is 6.10 Å². The van der Waals surface area contributed by atoms with Crippen LogP contribution in [0.4, 0.5) is 0 Å². The average molecular weight is 657 g/mol. The molecule has 0 unspecified atom stereocenters. The Labute approximate surface area is 277 Å². The first-order valence-electron chi connectivity index (χ1n) is 16.2. The van der Waals surface area contributed by atoms with E-state index in [2.05, 4.69) is 5.32 Å². The van der Waals surface area contributed by atoms with Gasteiger partial charge in [0.1, 0.15) is 0 Å². The van der Waals surface area contributed by atoms with Crippen LogP contribution in [0, 0.1) is 32.5 Å². The van der Waals surface area contributed by atoms with Gasteiger partial charge in [-0.05, 0) is 77.0 Å². The molecule has 4 N–H and O–H groups in total. The third-order valence-electron chi connectivity index (χ3n) is 7.08. The smallest absolute Gasteiger partial charge is 0.348 e. The van der Waals surface area contributed by atoms with Crippen LogP contribution in [0.1, 0.15) is 130 Å². The fourth-order valence-electron chi connectivity index (χ4n) is 6.30. The van der Waals surface area contributed by atoms with E-state index in [0.717, 1.165) is 0 Å². The summed E-state index contributed by atoms with van der Waals surface area (Å²) in [5.74, 6) is -4.57. The molecule has 0 aromatic carbocycles. The van der Waals surface area contributed by atoms with E-state index in [4.69, 9.17) is 19.9 Å². The van der Waals surface area contributed by atoms with Crippen molar-refractivity contribution < 1.29 is 43.3 Å². The second kappa shape index (κ2) is 15.9. The molecule has 0 saturated carbocycles. The zero-order valence-electron chi connectivity index (χ0n) is 31.3. The van der Waals surface area contributed by atoms with E-state index in [9.17, 15) is 29.1 Å². The van der Waals surface area contributed by atoms with Crippen molar-refractivity contribution in [2.45, 2.75) is 148 Å². The molecule has 11 heteroatoms. The molecule has 0 rings (SSSR count). The maximum Gasteiger partial charge on any atom is 0.348 e. The molecule has 11 nitrogen and oxygen atoms in total. The van der Waals surface area contributed by atoms with Crippen LogP contribution < -0.4 is 11.1 Å². The van der Waals surface area contributed by atoms with E-state index >= 15 is 0 Å². The van der Waals surface area contributed by atoms with Gasteiger partial charge in [-0.25, -0.2) is 4.79 Å². The van der Waals surface area contributed by atoms with Crippen LogP contribution in [-0.4, -0.2) is 66.3 Å². The highest BCUT2D eigenvalue weighted by molar-refractivity contribution is 5.86. The molecule has 0 aliphatic heterocycles. The Balaban J connectivity index is 6.88. The summed E-state index contributed by atoms with van der Waals surface area (Å²) in [6.07, 6.45) is -4.64. The molecular formula is C35H64N2O9. The molecule has 0 radical (unpaired) electrons. The van der Waals surface area contributed by atoms with Gasteiger partial charge < -0.3 is 30.4 Å². The molecule has 0 aromatic heterocycles. The summed E-state index contributed by atoms with van der Waals surface area (Å²) in [5.41, 5.74) is 1.58. The van der Waals surface area contributed by atoms with Gasteiger partial charge in [0, 0.05) is 19.5 Å². The Hall–Kier alpha value is -2.69. The fraction of sp³-hybridized carbons (Fsp3) is 0.857. The van der Waals surface area contributed by atoms with Crippen molar-refractivity contribution in [2.75, 3.05) is 13.1 Å². The molecule has 3 atom stereocenters. The van der Waals surface area contributed by atoms with Crippen LogP contribution in [0.25, 0.3) is 0 Å². The van der Waals surface area contributed by atoms with Gasteiger partial charge in [-0.3, -0.25) is 19.2 Å². The van der Waals surface area contributed by atoms with E-state index < -0.39 is 70.8 Å². The third kappa shape index (κ3) is 15.7. The minimum absolute atomic E-state index is 0.0552. The minimum Gasteiger partial charge on any atom is -0.478 e. The Morgan fingerprint density at radius 2 is 0.957 bits per heavy atom. The van der Waals surface area contributed by atoms with Crippen LogP contribution in [0.2, 0.25) is 0 Å². The first-order chi connectivity index (χ1) is 20.3. The summed E-state index contributed by atoms with van der Waals surface area (Å²) in [6, 6.07) is 0. The van der Waals surface area contributed by atoms with Crippen LogP contribution in [0.5, 0.6) is 0 Å². The number of nitrogens with two attached hydrogens (primary N) is 1. The normalized spacial score (nSPS) is 15.3. The molecule has 0 saturated heterocycles. The topological polar surface area (TPSA) is 171 Å². The molecule has 0 aromatic rings. The lowest BCUT2D eigenvalue weighted by atomic mass is 9.76.